The molecule has 4 nitrogen and oxygen atoms in total. The van der Waals surface area contributed by atoms with Crippen LogP contribution in [0.4, 0.5) is 0 Å². The van der Waals surface area contributed by atoms with Crippen molar-refractivity contribution in [3.8, 4) is 5.75 Å². The molecule has 1 aliphatic rings. The lowest BCUT2D eigenvalue weighted by Crippen LogP contribution is -2.42. The summed E-state index contributed by atoms with van der Waals surface area (Å²) in [5.74, 6) is 0.910. The van der Waals surface area contributed by atoms with Crippen molar-refractivity contribution < 1.29 is 4.74 Å². The van der Waals surface area contributed by atoms with Crippen LogP contribution in [0.5, 0.6) is 5.75 Å². The molecule has 118 valence electrons. The smallest absolute Gasteiger partial charge is 0.145 e. The lowest BCUT2D eigenvalue weighted by molar-refractivity contribution is 0.234. The second-order valence-electron chi connectivity index (χ2n) is 5.85. The second kappa shape index (κ2) is 7.56. The van der Waals surface area contributed by atoms with Crippen LogP contribution in [0.2, 0.25) is 0 Å². The Morgan fingerprint density at radius 1 is 1.23 bits per heavy atom. The number of pyridine rings is 1. The van der Waals surface area contributed by atoms with Gasteiger partial charge in [-0.25, -0.2) is 0 Å². The summed E-state index contributed by atoms with van der Waals surface area (Å²) in [6.07, 6.45) is 4.08. The molecule has 0 atom stereocenters. The van der Waals surface area contributed by atoms with Gasteiger partial charge in [0.15, 0.2) is 0 Å². The molecule has 2 aromatic rings. The van der Waals surface area contributed by atoms with Gasteiger partial charge in [-0.3, -0.25) is 9.88 Å². The molecule has 0 radical (unpaired) electrons. The molecule has 0 aliphatic carbocycles. The van der Waals surface area contributed by atoms with E-state index in [4.69, 9.17) is 4.74 Å². The van der Waals surface area contributed by atoms with Gasteiger partial charge in [-0.15, -0.1) is 0 Å². The molecule has 0 amide bonds. The maximum Gasteiger partial charge on any atom is 0.145 e. The summed E-state index contributed by atoms with van der Waals surface area (Å²) in [6.45, 7) is 8.30. The van der Waals surface area contributed by atoms with Crippen molar-refractivity contribution >= 4 is 10.9 Å². The van der Waals surface area contributed by atoms with Crippen LogP contribution >= 0.6 is 0 Å². The number of fused-ring (bicyclic) bond motifs is 1. The Hall–Kier alpha value is -1.65. The molecular formula is C18H25N3O. The number of hydrogen-bond donors (Lipinski definition) is 1. The molecule has 1 aromatic carbocycles. The Kier molecular flexibility index (Phi) is 5.24. The van der Waals surface area contributed by atoms with Gasteiger partial charge in [-0.1, -0.05) is 25.5 Å². The van der Waals surface area contributed by atoms with Crippen molar-refractivity contribution in [2.75, 3.05) is 32.8 Å². The van der Waals surface area contributed by atoms with E-state index in [-0.39, 0.29) is 0 Å². The fraction of sp³-hybridized carbons (Fsp3) is 0.500. The van der Waals surface area contributed by atoms with E-state index in [1.807, 2.05) is 12.3 Å². The Labute approximate surface area is 132 Å². The highest BCUT2D eigenvalue weighted by molar-refractivity contribution is 5.87. The van der Waals surface area contributed by atoms with Gasteiger partial charge >= 0.3 is 0 Å². The van der Waals surface area contributed by atoms with Gasteiger partial charge in [-0.05, 0) is 24.1 Å². The molecule has 1 fully saturated rings. The quantitative estimate of drug-likeness (QED) is 0.832. The number of ether oxygens (including phenoxy) is 1. The molecule has 1 aliphatic heterocycles. The number of benzene rings is 1. The van der Waals surface area contributed by atoms with Crippen molar-refractivity contribution in [3.05, 3.63) is 36.0 Å². The highest BCUT2D eigenvalue weighted by Gasteiger charge is 2.13. The largest absolute Gasteiger partial charge is 0.491 e. The van der Waals surface area contributed by atoms with Gasteiger partial charge in [0, 0.05) is 44.3 Å². The molecule has 0 unspecified atom stereocenters. The molecule has 0 bridgehead atoms. The van der Waals surface area contributed by atoms with Crippen molar-refractivity contribution in [1.29, 1.82) is 0 Å². The predicted molar refractivity (Wildman–Crippen MR) is 90.3 cm³/mol. The summed E-state index contributed by atoms with van der Waals surface area (Å²) >= 11 is 0. The Balaban J connectivity index is 1.83. The Bertz CT molecular complexity index is 608. The number of rotatable bonds is 6. The lowest BCUT2D eigenvalue weighted by atomic mass is 10.1. The third-order valence-corrected chi connectivity index (χ3v) is 4.18. The van der Waals surface area contributed by atoms with Crippen molar-refractivity contribution in [3.63, 3.8) is 0 Å². The predicted octanol–water partition coefficient (Wildman–Crippen LogP) is 2.82. The third-order valence-electron chi connectivity index (χ3n) is 4.18. The first-order valence-electron chi connectivity index (χ1n) is 8.31. The number of hydrogen-bond acceptors (Lipinski definition) is 4. The zero-order chi connectivity index (χ0) is 15.2. The highest BCUT2D eigenvalue weighted by Crippen LogP contribution is 2.27. The average molecular weight is 299 g/mol. The summed E-state index contributed by atoms with van der Waals surface area (Å²) < 4.78 is 5.92. The molecular weight excluding hydrogens is 274 g/mol. The summed E-state index contributed by atoms with van der Waals surface area (Å²) in [7, 11) is 0. The van der Waals surface area contributed by atoms with Crippen LogP contribution in [0.1, 0.15) is 25.3 Å². The van der Waals surface area contributed by atoms with Crippen LogP contribution in [0.15, 0.2) is 30.5 Å². The first-order valence-corrected chi connectivity index (χ1v) is 8.31. The molecule has 22 heavy (non-hydrogen) atoms. The van der Waals surface area contributed by atoms with Gasteiger partial charge in [0.2, 0.25) is 0 Å². The van der Waals surface area contributed by atoms with Crippen molar-refractivity contribution in [2.24, 2.45) is 0 Å². The zero-order valence-electron chi connectivity index (χ0n) is 13.3. The summed E-state index contributed by atoms with van der Waals surface area (Å²) in [5.41, 5.74) is 2.33. The maximum atomic E-state index is 5.92. The number of nitrogens with zero attached hydrogens (tertiary/aromatic N) is 2. The van der Waals surface area contributed by atoms with E-state index in [1.54, 1.807) is 0 Å². The standard InChI is InChI=1S/C18H25N3O/c1-2-3-13-22-17-7-6-15(14-21-11-9-19-10-12-21)16-5-4-8-20-18(16)17/h4-8,19H,2-3,9-14H2,1H3. The van der Waals surface area contributed by atoms with E-state index >= 15 is 0 Å². The highest BCUT2D eigenvalue weighted by atomic mass is 16.5. The number of aromatic nitrogens is 1. The summed E-state index contributed by atoms with van der Waals surface area (Å²) in [5, 5.41) is 4.62. The number of unbranched alkanes of at least 4 members (excludes halogenated alkanes) is 1. The van der Waals surface area contributed by atoms with Gasteiger partial charge in [-0.2, -0.15) is 0 Å². The minimum Gasteiger partial charge on any atom is -0.491 e. The van der Waals surface area contributed by atoms with Gasteiger partial charge in [0.1, 0.15) is 11.3 Å². The Morgan fingerprint density at radius 2 is 2.09 bits per heavy atom. The topological polar surface area (TPSA) is 37.4 Å². The third kappa shape index (κ3) is 3.57. The van der Waals surface area contributed by atoms with Crippen LogP contribution in [-0.4, -0.2) is 42.7 Å². The monoisotopic (exact) mass is 299 g/mol. The minimum atomic E-state index is 0.763. The lowest BCUT2D eigenvalue weighted by Gasteiger charge is -2.27. The van der Waals surface area contributed by atoms with Crippen LogP contribution < -0.4 is 10.1 Å². The normalized spacial score (nSPS) is 16.0. The summed E-state index contributed by atoms with van der Waals surface area (Å²) in [4.78, 5) is 7.05. The van der Waals surface area contributed by atoms with Crippen LogP contribution in [0.25, 0.3) is 10.9 Å². The fourth-order valence-electron chi connectivity index (χ4n) is 2.90. The van der Waals surface area contributed by atoms with E-state index in [9.17, 15) is 0 Å². The van der Waals surface area contributed by atoms with Gasteiger partial charge in [0.05, 0.1) is 6.61 Å². The zero-order valence-corrected chi connectivity index (χ0v) is 13.3. The molecule has 3 rings (SSSR count). The SMILES string of the molecule is CCCCOc1ccc(CN2CCNCC2)c2cccnc12. The van der Waals surface area contributed by atoms with Crippen LogP contribution in [0, 0.1) is 0 Å². The molecule has 2 heterocycles. The Morgan fingerprint density at radius 3 is 2.91 bits per heavy atom. The maximum absolute atomic E-state index is 5.92. The van der Waals surface area contributed by atoms with Crippen molar-refractivity contribution in [1.82, 2.24) is 15.2 Å². The van der Waals surface area contributed by atoms with Gasteiger partial charge < -0.3 is 10.1 Å². The molecule has 0 spiro atoms. The first kappa shape index (κ1) is 15.3. The molecule has 0 saturated carbocycles. The summed E-state index contributed by atoms with van der Waals surface area (Å²) in [6, 6.07) is 8.46. The number of nitrogens with one attached hydrogen (secondary N) is 1. The van der Waals surface area contributed by atoms with Crippen molar-refractivity contribution in [2.45, 2.75) is 26.3 Å². The van der Waals surface area contributed by atoms with Crippen LogP contribution in [-0.2, 0) is 6.54 Å². The minimum absolute atomic E-state index is 0.763. The van der Waals surface area contributed by atoms with E-state index < -0.39 is 0 Å². The molecule has 1 N–H and O–H groups in total. The molecule has 1 saturated heterocycles. The van der Waals surface area contributed by atoms with Gasteiger partial charge in [0.25, 0.3) is 0 Å². The average Bonchev–Trinajstić information content (AvgIpc) is 2.58. The molecule has 1 aromatic heterocycles. The number of piperazine rings is 1. The van der Waals surface area contributed by atoms with Crippen LogP contribution in [0.3, 0.4) is 0 Å². The fourth-order valence-corrected chi connectivity index (χ4v) is 2.90. The van der Waals surface area contributed by atoms with E-state index in [0.717, 1.165) is 63.4 Å². The second-order valence-corrected chi connectivity index (χ2v) is 5.85. The first-order chi connectivity index (χ1) is 10.9. The van der Waals surface area contributed by atoms with E-state index in [0.29, 0.717) is 0 Å². The van der Waals surface area contributed by atoms with E-state index in [2.05, 4.69) is 40.3 Å². The van der Waals surface area contributed by atoms with E-state index in [1.165, 1.54) is 10.9 Å². The molecule has 4 heteroatoms.